The number of benzene rings is 1. The van der Waals surface area contributed by atoms with Crippen LogP contribution in [0.3, 0.4) is 0 Å². The quantitative estimate of drug-likeness (QED) is 0.839. The van der Waals surface area contributed by atoms with Gasteiger partial charge in [-0.05, 0) is 30.5 Å². The largest absolute Gasteiger partial charge is 0.364 e. The lowest BCUT2D eigenvalue weighted by Crippen LogP contribution is -2.31. The van der Waals surface area contributed by atoms with Crippen LogP contribution in [-0.2, 0) is 5.41 Å². The first-order valence-corrected chi connectivity index (χ1v) is 5.89. The second-order valence-corrected chi connectivity index (χ2v) is 4.78. The fourth-order valence-corrected chi connectivity index (χ4v) is 2.85. The fraction of sp³-hybridized carbons (Fsp3) is 0.462. The van der Waals surface area contributed by atoms with E-state index < -0.39 is 0 Å². The molecule has 0 radical (unpaired) electrons. The van der Waals surface area contributed by atoms with Gasteiger partial charge in [-0.3, -0.25) is 0 Å². The Morgan fingerprint density at radius 3 is 2.88 bits per heavy atom. The molecular weight excluding hydrogens is 200 g/mol. The van der Waals surface area contributed by atoms with Crippen LogP contribution < -0.4 is 5.73 Å². The zero-order chi connectivity index (χ0) is 11.0. The maximum atomic E-state index is 5.98. The van der Waals surface area contributed by atoms with Crippen molar-refractivity contribution in [2.75, 3.05) is 6.54 Å². The molecule has 0 bridgehead atoms. The molecule has 1 aliphatic carbocycles. The maximum absolute atomic E-state index is 5.98. The first-order valence-electron chi connectivity index (χ1n) is 5.89. The summed E-state index contributed by atoms with van der Waals surface area (Å²) in [5.41, 5.74) is 8.43. The predicted octanol–water partition coefficient (Wildman–Crippen LogP) is 2.60. The van der Waals surface area contributed by atoms with E-state index in [4.69, 9.17) is 10.3 Å². The molecule has 3 rings (SSSR count). The minimum Gasteiger partial charge on any atom is -0.364 e. The van der Waals surface area contributed by atoms with Gasteiger partial charge in [0.05, 0.1) is 0 Å². The average molecular weight is 216 g/mol. The summed E-state index contributed by atoms with van der Waals surface area (Å²) < 4.78 is 4.97. The van der Waals surface area contributed by atoms with Gasteiger partial charge in [0, 0.05) is 17.3 Å². The molecule has 3 nitrogen and oxygen atoms in total. The number of hydrogen-bond donors (Lipinski definition) is 1. The predicted molar refractivity (Wildman–Crippen MR) is 63.2 cm³/mol. The number of aromatic nitrogens is 1. The van der Waals surface area contributed by atoms with E-state index in [2.05, 4.69) is 23.4 Å². The van der Waals surface area contributed by atoms with Crippen LogP contribution in [-0.4, -0.2) is 11.7 Å². The van der Waals surface area contributed by atoms with Crippen molar-refractivity contribution in [2.24, 2.45) is 5.73 Å². The van der Waals surface area contributed by atoms with Crippen molar-refractivity contribution in [1.29, 1.82) is 0 Å². The van der Waals surface area contributed by atoms with Gasteiger partial charge in [0.2, 0.25) is 0 Å². The van der Waals surface area contributed by atoms with E-state index in [-0.39, 0.29) is 5.41 Å². The molecule has 0 saturated heterocycles. The Morgan fingerprint density at radius 2 is 2.12 bits per heavy atom. The van der Waals surface area contributed by atoms with Gasteiger partial charge < -0.3 is 10.3 Å². The van der Waals surface area contributed by atoms with E-state index in [9.17, 15) is 0 Å². The molecule has 2 aromatic rings. The molecule has 1 heterocycles. The molecule has 1 aromatic carbocycles. The summed E-state index contributed by atoms with van der Waals surface area (Å²) in [5, 5.41) is 5.06. The van der Waals surface area contributed by atoms with E-state index in [0.29, 0.717) is 0 Å². The third kappa shape index (κ3) is 1.35. The van der Waals surface area contributed by atoms with Crippen LogP contribution in [0.4, 0.5) is 0 Å². The molecule has 0 unspecified atom stereocenters. The molecule has 16 heavy (non-hydrogen) atoms. The van der Waals surface area contributed by atoms with Crippen LogP contribution in [0, 0.1) is 0 Å². The zero-order valence-corrected chi connectivity index (χ0v) is 9.28. The highest BCUT2D eigenvalue weighted by Crippen LogP contribution is 2.40. The van der Waals surface area contributed by atoms with Crippen molar-refractivity contribution < 1.29 is 4.52 Å². The van der Waals surface area contributed by atoms with Crippen LogP contribution >= 0.6 is 0 Å². The molecule has 84 valence electrons. The number of nitrogens with zero attached hydrogens (tertiary/aromatic N) is 1. The number of hydrogen-bond acceptors (Lipinski definition) is 3. The summed E-state index contributed by atoms with van der Waals surface area (Å²) in [5.74, 6) is 0. The van der Waals surface area contributed by atoms with Crippen molar-refractivity contribution >= 4 is 10.9 Å². The number of nitrogens with two attached hydrogens (primary N) is 1. The minimum absolute atomic E-state index is 0.188. The van der Waals surface area contributed by atoms with Gasteiger partial charge >= 0.3 is 0 Å². The maximum Gasteiger partial charge on any atom is 0.131 e. The molecule has 1 aliphatic rings. The molecule has 2 N–H and O–H groups in total. The Labute approximate surface area is 94.6 Å². The molecular formula is C13H16N2O. The van der Waals surface area contributed by atoms with Crippen molar-refractivity contribution in [3.63, 3.8) is 0 Å². The van der Waals surface area contributed by atoms with Crippen molar-refractivity contribution in [2.45, 2.75) is 31.1 Å². The van der Waals surface area contributed by atoms with E-state index in [1.54, 1.807) is 6.26 Å². The smallest absolute Gasteiger partial charge is 0.131 e. The highest BCUT2D eigenvalue weighted by Gasteiger charge is 2.34. The molecule has 0 amide bonds. The van der Waals surface area contributed by atoms with E-state index in [0.717, 1.165) is 17.4 Å². The van der Waals surface area contributed by atoms with Gasteiger partial charge in [-0.2, -0.15) is 0 Å². The summed E-state index contributed by atoms with van der Waals surface area (Å²) in [4.78, 5) is 0. The second-order valence-electron chi connectivity index (χ2n) is 4.78. The third-order valence-electron chi connectivity index (χ3n) is 3.92. The van der Waals surface area contributed by atoms with Gasteiger partial charge in [0.25, 0.3) is 0 Å². The molecule has 1 aromatic heterocycles. The molecule has 0 atom stereocenters. The van der Waals surface area contributed by atoms with Gasteiger partial charge in [-0.15, -0.1) is 0 Å². The van der Waals surface area contributed by atoms with E-state index >= 15 is 0 Å². The SMILES string of the molecule is NCC1(c2ccc3conc3c2)CCCC1. The summed E-state index contributed by atoms with van der Waals surface area (Å²) >= 11 is 0. The normalized spacial score (nSPS) is 19.3. The van der Waals surface area contributed by atoms with E-state index in [1.165, 1.54) is 31.2 Å². The van der Waals surface area contributed by atoms with Gasteiger partial charge in [-0.1, -0.05) is 24.1 Å². The zero-order valence-electron chi connectivity index (χ0n) is 9.28. The summed E-state index contributed by atoms with van der Waals surface area (Å²) in [7, 11) is 0. The Morgan fingerprint density at radius 1 is 1.31 bits per heavy atom. The lowest BCUT2D eigenvalue weighted by Gasteiger charge is -2.27. The second kappa shape index (κ2) is 3.59. The Kier molecular flexibility index (Phi) is 2.21. The molecule has 1 fully saturated rings. The summed E-state index contributed by atoms with van der Waals surface area (Å²) in [6.07, 6.45) is 6.66. The monoisotopic (exact) mass is 216 g/mol. The lowest BCUT2D eigenvalue weighted by atomic mass is 9.79. The standard InChI is InChI=1S/C13H16N2O/c14-9-13(5-1-2-6-13)11-4-3-10-8-16-15-12(10)7-11/h3-4,7-8H,1-2,5-6,9,14H2. The molecule has 0 spiro atoms. The summed E-state index contributed by atoms with van der Waals surface area (Å²) in [6, 6.07) is 6.39. The average Bonchev–Trinajstić information content (AvgIpc) is 2.97. The number of fused-ring (bicyclic) bond motifs is 1. The topological polar surface area (TPSA) is 52.0 Å². The Hall–Kier alpha value is -1.35. The van der Waals surface area contributed by atoms with Crippen molar-refractivity contribution in [1.82, 2.24) is 5.16 Å². The van der Waals surface area contributed by atoms with Gasteiger partial charge in [0.15, 0.2) is 0 Å². The Balaban J connectivity index is 2.09. The van der Waals surface area contributed by atoms with Crippen LogP contribution in [0.2, 0.25) is 0 Å². The third-order valence-corrected chi connectivity index (χ3v) is 3.92. The minimum atomic E-state index is 0.188. The van der Waals surface area contributed by atoms with Crippen LogP contribution in [0.5, 0.6) is 0 Å². The lowest BCUT2D eigenvalue weighted by molar-refractivity contribution is 0.427. The van der Waals surface area contributed by atoms with Crippen LogP contribution in [0.15, 0.2) is 29.0 Å². The van der Waals surface area contributed by atoms with Crippen LogP contribution in [0.1, 0.15) is 31.2 Å². The number of rotatable bonds is 2. The highest BCUT2D eigenvalue weighted by molar-refractivity contribution is 5.78. The van der Waals surface area contributed by atoms with E-state index in [1.807, 2.05) is 0 Å². The summed E-state index contributed by atoms with van der Waals surface area (Å²) in [6.45, 7) is 0.732. The Bertz CT molecular complexity index is 497. The van der Waals surface area contributed by atoms with Gasteiger partial charge in [0.1, 0.15) is 11.8 Å². The first kappa shape index (κ1) is 9.85. The van der Waals surface area contributed by atoms with Crippen LogP contribution in [0.25, 0.3) is 10.9 Å². The van der Waals surface area contributed by atoms with Gasteiger partial charge in [-0.25, -0.2) is 0 Å². The van der Waals surface area contributed by atoms with Crippen molar-refractivity contribution in [3.8, 4) is 0 Å². The van der Waals surface area contributed by atoms with Crippen molar-refractivity contribution in [3.05, 3.63) is 30.0 Å². The molecule has 0 aliphatic heterocycles. The fourth-order valence-electron chi connectivity index (χ4n) is 2.85. The first-order chi connectivity index (χ1) is 7.84. The highest BCUT2D eigenvalue weighted by atomic mass is 16.5. The molecule has 3 heteroatoms. The molecule has 1 saturated carbocycles.